The number of rotatable bonds is 6. The number of nitrogens with zero attached hydrogens (tertiary/aromatic N) is 1. The first-order valence-corrected chi connectivity index (χ1v) is 10.0. The number of carboxylic acids is 1. The molecule has 176 valence electrons. The van der Waals surface area contributed by atoms with Crippen LogP contribution in [-0.4, -0.2) is 33.0 Å². The molecule has 0 bridgehead atoms. The lowest BCUT2D eigenvalue weighted by atomic mass is 9.84. The molecule has 0 aliphatic heterocycles. The molecule has 10 heteroatoms. The van der Waals surface area contributed by atoms with Crippen molar-refractivity contribution < 1.29 is 42.1 Å². The van der Waals surface area contributed by atoms with Gasteiger partial charge in [-0.3, -0.25) is 14.2 Å². The number of alkyl halides is 3. The monoisotopic (exact) mass is 467 g/mol. The minimum absolute atomic E-state index is 0.0278. The van der Waals surface area contributed by atoms with Gasteiger partial charge in [-0.2, -0.15) is 0 Å². The smallest absolute Gasteiger partial charge is 0.505 e. The van der Waals surface area contributed by atoms with E-state index in [0.29, 0.717) is 6.42 Å². The van der Waals surface area contributed by atoms with Gasteiger partial charge in [-0.15, -0.1) is 13.2 Å². The zero-order valence-electron chi connectivity index (χ0n) is 17.9. The van der Waals surface area contributed by atoms with Gasteiger partial charge in [-0.25, -0.2) is 4.39 Å². The molecule has 2 atom stereocenters. The summed E-state index contributed by atoms with van der Waals surface area (Å²) in [5, 5.41) is 19.6. The second kappa shape index (κ2) is 8.76. The third-order valence-corrected chi connectivity index (χ3v) is 5.66. The number of aromatic hydroxyl groups is 1. The molecule has 1 heterocycles. The molecule has 0 fully saturated rings. The Labute approximate surface area is 186 Å². The molecule has 1 aromatic heterocycles. The highest BCUT2D eigenvalue weighted by Gasteiger charge is 2.35. The number of benzene rings is 2. The molecule has 0 saturated carbocycles. The molecule has 3 aromatic rings. The average molecular weight is 467 g/mol. The summed E-state index contributed by atoms with van der Waals surface area (Å²) in [6.07, 6.45) is -4.44. The molecule has 0 spiro atoms. The third kappa shape index (κ3) is 4.50. The zero-order chi connectivity index (χ0) is 24.7. The van der Waals surface area contributed by atoms with E-state index in [2.05, 4.69) is 4.74 Å². The summed E-state index contributed by atoms with van der Waals surface area (Å²) in [6, 6.07) is 6.51. The molecule has 0 aliphatic carbocycles. The quantitative estimate of drug-likeness (QED) is 0.461. The summed E-state index contributed by atoms with van der Waals surface area (Å²) >= 11 is 0. The molecular weight excluding hydrogens is 446 g/mol. The Morgan fingerprint density at radius 3 is 2.24 bits per heavy atom. The maximum Gasteiger partial charge on any atom is 0.573 e. The van der Waals surface area contributed by atoms with Gasteiger partial charge in [0.1, 0.15) is 5.75 Å². The van der Waals surface area contributed by atoms with E-state index >= 15 is 4.39 Å². The minimum atomic E-state index is -4.89. The molecular formula is C23H21F4NO5. The molecule has 0 aliphatic rings. The lowest BCUT2D eigenvalue weighted by molar-refractivity contribution is -0.274. The lowest BCUT2D eigenvalue weighted by Gasteiger charge is -2.20. The van der Waals surface area contributed by atoms with Crippen LogP contribution in [0.15, 0.2) is 36.4 Å². The number of aliphatic carboxylic acids is 1. The van der Waals surface area contributed by atoms with E-state index in [4.69, 9.17) is 0 Å². The van der Waals surface area contributed by atoms with Crippen LogP contribution in [0.1, 0.15) is 47.8 Å². The van der Waals surface area contributed by atoms with Crippen molar-refractivity contribution in [2.24, 2.45) is 5.92 Å². The Morgan fingerprint density at radius 1 is 1.12 bits per heavy atom. The van der Waals surface area contributed by atoms with Crippen LogP contribution >= 0.6 is 0 Å². The fourth-order valence-electron chi connectivity index (χ4n) is 3.94. The van der Waals surface area contributed by atoms with Crippen molar-refractivity contribution in [3.05, 3.63) is 59.0 Å². The van der Waals surface area contributed by atoms with Crippen LogP contribution in [0.5, 0.6) is 11.5 Å². The van der Waals surface area contributed by atoms with Gasteiger partial charge in [0.25, 0.3) is 5.91 Å². The van der Waals surface area contributed by atoms with E-state index in [1.165, 1.54) is 13.0 Å². The normalized spacial score (nSPS) is 13.7. The Morgan fingerprint density at radius 2 is 1.73 bits per heavy atom. The van der Waals surface area contributed by atoms with Gasteiger partial charge in [-0.05, 0) is 54.8 Å². The fourth-order valence-corrected chi connectivity index (χ4v) is 3.94. The maximum absolute atomic E-state index is 15.0. The number of halogens is 4. The molecule has 0 amide bonds. The van der Waals surface area contributed by atoms with Gasteiger partial charge in [-0.1, -0.05) is 20.3 Å². The van der Waals surface area contributed by atoms with Gasteiger partial charge in [0.2, 0.25) is 0 Å². The molecule has 0 saturated heterocycles. The molecule has 2 aromatic carbocycles. The Bertz CT molecular complexity index is 1210. The largest absolute Gasteiger partial charge is 0.573 e. The predicted octanol–water partition coefficient (Wildman–Crippen LogP) is 5.60. The summed E-state index contributed by atoms with van der Waals surface area (Å²) in [5.41, 5.74) is 0.224. The number of phenolic OH excluding ortho intramolecular Hbond substituents is 1. The summed E-state index contributed by atoms with van der Waals surface area (Å²) in [5.74, 6) is -5.78. The first kappa shape index (κ1) is 24.1. The maximum atomic E-state index is 15.0. The van der Waals surface area contributed by atoms with Crippen LogP contribution in [0.2, 0.25) is 0 Å². The van der Waals surface area contributed by atoms with Gasteiger partial charge in [0.05, 0.1) is 11.4 Å². The summed E-state index contributed by atoms with van der Waals surface area (Å²) in [6.45, 7) is 4.92. The number of carbonyl (C=O) groups excluding carboxylic acids is 1. The molecule has 3 rings (SSSR count). The number of phenols is 1. The first-order valence-electron chi connectivity index (χ1n) is 10.0. The number of hydrogen-bond acceptors (Lipinski definition) is 4. The van der Waals surface area contributed by atoms with Crippen molar-refractivity contribution >= 4 is 22.8 Å². The third-order valence-electron chi connectivity index (χ3n) is 5.66. The van der Waals surface area contributed by atoms with E-state index in [9.17, 15) is 33.0 Å². The highest BCUT2D eigenvalue weighted by atomic mass is 19.4. The van der Waals surface area contributed by atoms with Crippen molar-refractivity contribution in [3.8, 4) is 11.5 Å². The van der Waals surface area contributed by atoms with Gasteiger partial charge in [0.15, 0.2) is 11.6 Å². The van der Waals surface area contributed by atoms with Crippen molar-refractivity contribution in [2.45, 2.75) is 39.5 Å². The topological polar surface area (TPSA) is 88.8 Å². The van der Waals surface area contributed by atoms with Gasteiger partial charge < -0.3 is 14.9 Å². The van der Waals surface area contributed by atoms with Crippen LogP contribution in [-0.2, 0) is 4.79 Å². The number of fused-ring (bicyclic) bond motifs is 1. The lowest BCUT2D eigenvalue weighted by Crippen LogP contribution is -2.21. The number of carboxylic acid groups (broad SMARTS) is 1. The van der Waals surface area contributed by atoms with Crippen LogP contribution < -0.4 is 4.74 Å². The second-order valence-corrected chi connectivity index (χ2v) is 7.71. The Kier molecular flexibility index (Phi) is 6.40. The van der Waals surface area contributed by atoms with Gasteiger partial charge in [0, 0.05) is 16.6 Å². The van der Waals surface area contributed by atoms with E-state index in [-0.39, 0.29) is 27.7 Å². The van der Waals surface area contributed by atoms with E-state index in [1.54, 1.807) is 13.8 Å². The number of carbonyl (C=O) groups is 2. The molecule has 6 nitrogen and oxygen atoms in total. The highest BCUT2D eigenvalue weighted by molar-refractivity contribution is 6.05. The average Bonchev–Trinajstić information content (AvgIpc) is 3.02. The first-order chi connectivity index (χ1) is 15.4. The SMILES string of the molecule is CCC(C)C(C(=O)O)c1c(C)n(C(=O)c2ccc(OC(F)(F)F)cc2)c2ccc(O)c(F)c12. The highest BCUT2D eigenvalue weighted by Crippen LogP contribution is 2.40. The Balaban J connectivity index is 2.22. The Hall–Kier alpha value is -3.56. The van der Waals surface area contributed by atoms with Crippen molar-refractivity contribution in [1.29, 1.82) is 0 Å². The predicted molar refractivity (Wildman–Crippen MR) is 111 cm³/mol. The standard InChI is InChI=1S/C23H21F4NO5/c1-4-11(2)17(22(31)32)18-12(3)28(15-9-10-16(29)20(24)19(15)18)21(30)13-5-7-14(8-6-13)33-23(25,26)27/h5-11,17,29H,4H2,1-3H3,(H,31,32). The molecule has 33 heavy (non-hydrogen) atoms. The van der Waals surface area contributed by atoms with Crippen LogP contribution in [0, 0.1) is 18.7 Å². The number of aromatic nitrogens is 1. The molecule has 2 unspecified atom stereocenters. The summed E-state index contributed by atoms with van der Waals surface area (Å²) in [4.78, 5) is 25.4. The van der Waals surface area contributed by atoms with E-state index in [0.717, 1.165) is 34.9 Å². The number of ether oxygens (including phenoxy) is 1. The minimum Gasteiger partial charge on any atom is -0.505 e. The van der Waals surface area contributed by atoms with Crippen LogP contribution in [0.25, 0.3) is 10.9 Å². The molecule has 0 radical (unpaired) electrons. The zero-order valence-corrected chi connectivity index (χ0v) is 17.9. The summed E-state index contributed by atoms with van der Waals surface area (Å²) in [7, 11) is 0. The van der Waals surface area contributed by atoms with Crippen molar-refractivity contribution in [2.75, 3.05) is 0 Å². The van der Waals surface area contributed by atoms with Crippen LogP contribution in [0.3, 0.4) is 0 Å². The van der Waals surface area contributed by atoms with Crippen molar-refractivity contribution in [3.63, 3.8) is 0 Å². The van der Waals surface area contributed by atoms with E-state index in [1.807, 2.05) is 0 Å². The second-order valence-electron chi connectivity index (χ2n) is 7.71. The fraction of sp³-hybridized carbons (Fsp3) is 0.304. The van der Waals surface area contributed by atoms with Crippen molar-refractivity contribution in [1.82, 2.24) is 4.57 Å². The van der Waals surface area contributed by atoms with Crippen LogP contribution in [0.4, 0.5) is 17.6 Å². The summed E-state index contributed by atoms with van der Waals surface area (Å²) < 4.78 is 57.1. The molecule has 2 N–H and O–H groups in total. The van der Waals surface area contributed by atoms with Gasteiger partial charge >= 0.3 is 12.3 Å². The van der Waals surface area contributed by atoms with E-state index < -0.39 is 47.4 Å². The number of hydrogen-bond donors (Lipinski definition) is 2.